The Hall–Kier alpha value is -1.59. The monoisotopic (exact) mass is 239 g/mol. The lowest BCUT2D eigenvalue weighted by Gasteiger charge is -2.27. The molecule has 6 nitrogen and oxygen atoms in total. The van der Waals surface area contributed by atoms with Gasteiger partial charge < -0.3 is 11.1 Å². The van der Waals surface area contributed by atoms with Crippen LogP contribution in [0.4, 0.5) is 11.9 Å². The smallest absolute Gasteiger partial charge is 0.244 e. The van der Waals surface area contributed by atoms with E-state index < -0.39 is 5.41 Å². The fraction of sp³-hybridized carbons (Fsp3) is 0.727. The quantitative estimate of drug-likeness (QED) is 0.738. The third-order valence-electron chi connectivity index (χ3n) is 2.48. The molecule has 1 atom stereocenters. The number of nitrogens with one attached hydrogen (secondary N) is 2. The van der Waals surface area contributed by atoms with Crippen molar-refractivity contribution < 1.29 is 4.79 Å². The average Bonchev–Trinajstić information content (AvgIpc) is 2.57. The van der Waals surface area contributed by atoms with E-state index >= 15 is 0 Å². The Labute approximate surface area is 101 Å². The van der Waals surface area contributed by atoms with Crippen LogP contribution in [0.25, 0.3) is 0 Å². The molecule has 1 aromatic rings. The van der Waals surface area contributed by atoms with Crippen LogP contribution in [0.15, 0.2) is 0 Å². The zero-order valence-electron chi connectivity index (χ0n) is 11.0. The molecular formula is C11H21N5O. The zero-order chi connectivity index (χ0) is 13.2. The van der Waals surface area contributed by atoms with Gasteiger partial charge in [0.2, 0.25) is 11.9 Å². The van der Waals surface area contributed by atoms with Crippen molar-refractivity contribution in [1.29, 1.82) is 0 Å². The maximum atomic E-state index is 12.3. The highest BCUT2D eigenvalue weighted by atomic mass is 16.1. The Morgan fingerprint density at radius 2 is 2.00 bits per heavy atom. The van der Waals surface area contributed by atoms with Gasteiger partial charge in [0.15, 0.2) is 5.78 Å². The summed E-state index contributed by atoms with van der Waals surface area (Å²) in [5.41, 5.74) is 5.04. The fourth-order valence-electron chi connectivity index (χ4n) is 1.48. The molecule has 1 rings (SSSR count). The van der Waals surface area contributed by atoms with Gasteiger partial charge in [0.1, 0.15) is 0 Å². The highest BCUT2D eigenvalue weighted by molar-refractivity contribution is 5.90. The van der Waals surface area contributed by atoms with E-state index in [1.165, 1.54) is 0 Å². The van der Waals surface area contributed by atoms with Gasteiger partial charge in [0, 0.05) is 5.41 Å². The van der Waals surface area contributed by atoms with Crippen molar-refractivity contribution in [2.45, 2.75) is 40.7 Å². The third kappa shape index (κ3) is 3.44. The highest BCUT2D eigenvalue weighted by Crippen LogP contribution is 2.22. The van der Waals surface area contributed by atoms with Crippen molar-refractivity contribution >= 4 is 17.7 Å². The molecule has 0 bridgehead atoms. The number of nitrogen functional groups attached to an aromatic ring is 1. The number of anilines is 2. The van der Waals surface area contributed by atoms with Crippen LogP contribution in [-0.4, -0.2) is 27.0 Å². The number of hydrogen-bond donors (Lipinski definition) is 3. The number of nitrogens with zero attached hydrogens (tertiary/aromatic N) is 2. The standard InChI is InChI=1S/C11H21N5O/c1-6(2)7(8(17)11(3,4)5)13-10-14-9(12)15-16-10/h6-7H,1-5H3,(H4,12,13,14,15,16)/t7-/m0/s1. The predicted molar refractivity (Wildman–Crippen MR) is 67.5 cm³/mol. The number of rotatable bonds is 4. The van der Waals surface area contributed by atoms with E-state index in [2.05, 4.69) is 20.5 Å². The van der Waals surface area contributed by atoms with Crippen molar-refractivity contribution in [3.05, 3.63) is 0 Å². The van der Waals surface area contributed by atoms with Crippen molar-refractivity contribution in [2.24, 2.45) is 11.3 Å². The van der Waals surface area contributed by atoms with Crippen molar-refractivity contribution in [1.82, 2.24) is 15.2 Å². The summed E-state index contributed by atoms with van der Waals surface area (Å²) >= 11 is 0. The molecule has 1 heterocycles. The molecule has 96 valence electrons. The van der Waals surface area contributed by atoms with Crippen LogP contribution in [0.1, 0.15) is 34.6 Å². The number of aromatic nitrogens is 3. The molecule has 0 aliphatic carbocycles. The average molecular weight is 239 g/mol. The summed E-state index contributed by atoms with van der Waals surface area (Å²) < 4.78 is 0. The van der Waals surface area contributed by atoms with Gasteiger partial charge in [-0.15, -0.1) is 5.10 Å². The Kier molecular flexibility index (Phi) is 3.75. The Balaban J connectivity index is 2.84. The molecule has 4 N–H and O–H groups in total. The van der Waals surface area contributed by atoms with E-state index in [9.17, 15) is 4.79 Å². The minimum atomic E-state index is -0.399. The van der Waals surface area contributed by atoms with Gasteiger partial charge in [-0.2, -0.15) is 4.98 Å². The molecule has 0 unspecified atom stereocenters. The van der Waals surface area contributed by atoms with E-state index in [1.807, 2.05) is 34.6 Å². The van der Waals surface area contributed by atoms with Gasteiger partial charge >= 0.3 is 0 Å². The first-order valence-corrected chi connectivity index (χ1v) is 5.70. The minimum absolute atomic E-state index is 0.135. The maximum absolute atomic E-state index is 12.3. The van der Waals surface area contributed by atoms with E-state index in [1.54, 1.807) is 0 Å². The van der Waals surface area contributed by atoms with E-state index in [4.69, 9.17) is 5.73 Å². The first-order chi connectivity index (χ1) is 7.71. The predicted octanol–water partition coefficient (Wildman–Crippen LogP) is 1.44. The Bertz CT molecular complexity index is 391. The summed E-state index contributed by atoms with van der Waals surface area (Å²) in [6.45, 7) is 9.67. The van der Waals surface area contributed by atoms with Crippen LogP contribution in [0.2, 0.25) is 0 Å². The number of H-pyrrole nitrogens is 1. The van der Waals surface area contributed by atoms with Crippen molar-refractivity contribution in [3.63, 3.8) is 0 Å². The lowest BCUT2D eigenvalue weighted by atomic mass is 9.82. The van der Waals surface area contributed by atoms with E-state index in [0.717, 1.165) is 0 Å². The molecular weight excluding hydrogens is 218 g/mol. The number of Topliss-reactive ketones (excluding diaryl/α,β-unsaturated/α-hetero) is 1. The fourth-order valence-corrected chi connectivity index (χ4v) is 1.48. The zero-order valence-corrected chi connectivity index (χ0v) is 11.0. The SMILES string of the molecule is CC(C)[C@H](Nc1n[nH]c(N)n1)C(=O)C(C)(C)C. The number of nitrogens with two attached hydrogens (primary N) is 1. The van der Waals surface area contributed by atoms with Crippen molar-refractivity contribution in [3.8, 4) is 0 Å². The molecule has 1 aromatic heterocycles. The number of ketones is 1. The second-order valence-electron chi connectivity index (χ2n) is 5.52. The molecule has 0 fully saturated rings. The van der Waals surface area contributed by atoms with Crippen LogP contribution >= 0.6 is 0 Å². The lowest BCUT2D eigenvalue weighted by Crippen LogP contribution is -2.41. The van der Waals surface area contributed by atoms with Gasteiger partial charge in [-0.05, 0) is 5.92 Å². The first kappa shape index (κ1) is 13.5. The molecule has 0 saturated heterocycles. The van der Waals surface area contributed by atoms with Gasteiger partial charge in [0.05, 0.1) is 6.04 Å². The number of carbonyl (C=O) groups excluding carboxylic acids is 1. The molecule has 0 amide bonds. The molecule has 0 aromatic carbocycles. The van der Waals surface area contributed by atoms with Crippen LogP contribution < -0.4 is 11.1 Å². The summed E-state index contributed by atoms with van der Waals surface area (Å²) in [4.78, 5) is 16.2. The molecule has 0 spiro atoms. The van der Waals surface area contributed by atoms with Crippen LogP contribution in [-0.2, 0) is 4.79 Å². The molecule has 0 aliphatic heterocycles. The molecule has 17 heavy (non-hydrogen) atoms. The second-order valence-corrected chi connectivity index (χ2v) is 5.52. The Morgan fingerprint density at radius 3 is 2.35 bits per heavy atom. The van der Waals surface area contributed by atoms with Gasteiger partial charge in [-0.25, -0.2) is 5.10 Å². The van der Waals surface area contributed by atoms with E-state index in [0.29, 0.717) is 5.95 Å². The summed E-state index contributed by atoms with van der Waals surface area (Å²) in [5, 5.41) is 9.43. The largest absolute Gasteiger partial charge is 0.368 e. The van der Waals surface area contributed by atoms with Crippen molar-refractivity contribution in [2.75, 3.05) is 11.1 Å². The third-order valence-corrected chi connectivity index (χ3v) is 2.48. The second kappa shape index (κ2) is 4.73. The molecule has 0 aliphatic rings. The normalized spacial score (nSPS) is 13.8. The minimum Gasteiger partial charge on any atom is -0.368 e. The maximum Gasteiger partial charge on any atom is 0.244 e. The summed E-state index contributed by atoms with van der Waals surface area (Å²) in [5.74, 6) is 0.884. The van der Waals surface area contributed by atoms with E-state index in [-0.39, 0.29) is 23.7 Å². The van der Waals surface area contributed by atoms with Gasteiger partial charge in [-0.3, -0.25) is 4.79 Å². The van der Waals surface area contributed by atoms with Crippen LogP contribution in [0, 0.1) is 11.3 Å². The molecule has 0 radical (unpaired) electrons. The lowest BCUT2D eigenvalue weighted by molar-refractivity contribution is -0.127. The number of hydrogen-bond acceptors (Lipinski definition) is 5. The summed E-state index contributed by atoms with van der Waals surface area (Å²) in [7, 11) is 0. The van der Waals surface area contributed by atoms with Crippen LogP contribution in [0.5, 0.6) is 0 Å². The summed E-state index contributed by atoms with van der Waals surface area (Å²) in [6.07, 6.45) is 0. The number of carbonyl (C=O) groups is 1. The number of aromatic amines is 1. The Morgan fingerprint density at radius 1 is 1.41 bits per heavy atom. The topological polar surface area (TPSA) is 96.7 Å². The van der Waals surface area contributed by atoms with Gasteiger partial charge in [0.25, 0.3) is 0 Å². The first-order valence-electron chi connectivity index (χ1n) is 5.70. The molecule has 6 heteroatoms. The van der Waals surface area contributed by atoms with Crippen LogP contribution in [0.3, 0.4) is 0 Å². The van der Waals surface area contributed by atoms with Gasteiger partial charge in [-0.1, -0.05) is 34.6 Å². The summed E-state index contributed by atoms with van der Waals surface area (Å²) in [6, 6.07) is -0.315. The molecule has 0 saturated carbocycles. The highest BCUT2D eigenvalue weighted by Gasteiger charge is 2.32.